The lowest BCUT2D eigenvalue weighted by Crippen LogP contribution is -2.22. The van der Waals surface area contributed by atoms with Crippen molar-refractivity contribution in [2.45, 2.75) is 225 Å². The maximum atomic E-state index is 11.2. The monoisotopic (exact) mass is 702 g/mol. The van der Waals surface area contributed by atoms with Gasteiger partial charge in [0.1, 0.15) is 6.61 Å². The third-order valence-electron chi connectivity index (χ3n) is 9.30. The van der Waals surface area contributed by atoms with Crippen LogP contribution in [0.4, 0.5) is 0 Å². The average Bonchev–Trinajstić information content (AvgIpc) is 3.52. The molecule has 1 aliphatic rings. The summed E-state index contributed by atoms with van der Waals surface area (Å²) in [5.41, 5.74) is 0. The minimum absolute atomic E-state index is 0.136. The number of esters is 1. The zero-order valence-corrected chi connectivity index (χ0v) is 33.4. The van der Waals surface area contributed by atoms with Crippen molar-refractivity contribution in [2.75, 3.05) is 40.5 Å². The highest BCUT2D eigenvalue weighted by molar-refractivity contribution is 5.69. The number of ether oxygens (including phenoxy) is 2. The first-order valence-corrected chi connectivity index (χ1v) is 21.3. The molecule has 0 aromatic carbocycles. The summed E-state index contributed by atoms with van der Waals surface area (Å²) in [5, 5.41) is 26.4. The Morgan fingerprint density at radius 3 is 1.16 bits per heavy atom. The van der Waals surface area contributed by atoms with Crippen LogP contribution in [0.3, 0.4) is 0 Å². The molecule has 0 aromatic heterocycles. The van der Waals surface area contributed by atoms with Crippen LogP contribution in [0.15, 0.2) is 0 Å². The first-order chi connectivity index (χ1) is 23.9. The maximum absolute atomic E-state index is 11.2. The summed E-state index contributed by atoms with van der Waals surface area (Å²) >= 11 is 0. The van der Waals surface area contributed by atoms with Gasteiger partial charge in [0, 0.05) is 26.2 Å². The third kappa shape index (κ3) is 45.2. The van der Waals surface area contributed by atoms with E-state index < -0.39 is 6.29 Å². The first-order valence-electron chi connectivity index (χ1n) is 21.3. The second kappa shape index (κ2) is 43.4. The molecule has 49 heavy (non-hydrogen) atoms. The van der Waals surface area contributed by atoms with Crippen LogP contribution in [-0.2, 0) is 14.3 Å². The van der Waals surface area contributed by atoms with Crippen LogP contribution < -0.4 is 0 Å². The highest BCUT2D eigenvalue weighted by Crippen LogP contribution is 2.18. The van der Waals surface area contributed by atoms with Gasteiger partial charge in [-0.1, -0.05) is 181 Å². The maximum Gasteiger partial charge on any atom is 0.307 e. The Bertz CT molecular complexity index is 562. The first kappa shape index (κ1) is 50.4. The minimum atomic E-state index is -0.685. The summed E-state index contributed by atoms with van der Waals surface area (Å²) in [4.78, 5) is 13.1. The van der Waals surface area contributed by atoms with Crippen molar-refractivity contribution in [3.8, 4) is 0 Å². The molecule has 0 unspecified atom stereocenters. The molecule has 0 bridgehead atoms. The molecule has 3 N–H and O–H groups in total. The number of hydrogen-bond donors (Lipinski definition) is 3. The number of rotatable bonds is 33. The van der Waals surface area contributed by atoms with Crippen molar-refractivity contribution in [1.82, 2.24) is 4.90 Å². The standard InChI is InChI=1S/2C16H34O.C10H19NO4/c2*1-2-3-4-5-6-7-8-9-10-11-12-13-14-15-16-17;1-11(2)6-5-9(12)14-7-8-3-4-10(13)15-8/h2*17H,2-16H2,1H3;8,10,13H,3-7H2,1-2H3/t;;8-,10+/m..0/s1. The van der Waals surface area contributed by atoms with Crippen molar-refractivity contribution in [3.63, 3.8) is 0 Å². The topological polar surface area (TPSA) is 99.5 Å². The van der Waals surface area contributed by atoms with Crippen molar-refractivity contribution in [1.29, 1.82) is 0 Å². The van der Waals surface area contributed by atoms with Crippen molar-refractivity contribution >= 4 is 5.97 Å². The van der Waals surface area contributed by atoms with E-state index in [9.17, 15) is 4.79 Å². The van der Waals surface area contributed by atoms with Gasteiger partial charge >= 0.3 is 5.97 Å². The van der Waals surface area contributed by atoms with Crippen molar-refractivity contribution in [3.05, 3.63) is 0 Å². The predicted molar refractivity (Wildman–Crippen MR) is 209 cm³/mol. The lowest BCUT2D eigenvalue weighted by Gasteiger charge is -2.12. The van der Waals surface area contributed by atoms with Gasteiger partial charge in [0.15, 0.2) is 6.29 Å². The fourth-order valence-electron chi connectivity index (χ4n) is 5.99. The number of nitrogens with zero attached hydrogens (tertiary/aromatic N) is 1. The van der Waals surface area contributed by atoms with E-state index >= 15 is 0 Å². The van der Waals surface area contributed by atoms with Gasteiger partial charge in [-0.25, -0.2) is 0 Å². The summed E-state index contributed by atoms with van der Waals surface area (Å²) in [6.07, 6.45) is 39.4. The molecule has 0 aromatic rings. The van der Waals surface area contributed by atoms with Crippen molar-refractivity contribution in [2.24, 2.45) is 0 Å². The molecule has 1 aliphatic heterocycles. The largest absolute Gasteiger partial charge is 0.463 e. The Balaban J connectivity index is 0. The fraction of sp³-hybridized carbons (Fsp3) is 0.976. The average molecular weight is 702 g/mol. The van der Waals surface area contributed by atoms with Gasteiger partial charge < -0.3 is 29.7 Å². The SMILES string of the molecule is CCCCCCCCCCCCCCCCO.CCCCCCCCCCCCCCCCO.CN(C)CCC(=O)OC[C@@H]1CC[C@H](O)O1. The summed E-state index contributed by atoms with van der Waals surface area (Å²) in [5.74, 6) is -0.214. The molecule has 1 fully saturated rings. The fourth-order valence-corrected chi connectivity index (χ4v) is 5.99. The Kier molecular flexibility index (Phi) is 44.7. The van der Waals surface area contributed by atoms with E-state index in [0.717, 1.165) is 19.3 Å². The van der Waals surface area contributed by atoms with Gasteiger partial charge in [-0.15, -0.1) is 0 Å². The zero-order valence-electron chi connectivity index (χ0n) is 33.4. The van der Waals surface area contributed by atoms with Crippen LogP contribution in [0, 0.1) is 0 Å². The molecule has 0 spiro atoms. The highest BCUT2D eigenvalue weighted by Gasteiger charge is 2.24. The van der Waals surface area contributed by atoms with Crippen molar-refractivity contribution < 1.29 is 29.6 Å². The van der Waals surface area contributed by atoms with Crippen LogP contribution in [0.25, 0.3) is 0 Å². The van der Waals surface area contributed by atoms with E-state index in [2.05, 4.69) is 13.8 Å². The molecule has 2 atom stereocenters. The molecular weight excluding hydrogens is 614 g/mol. The Labute approximate surface area is 305 Å². The van der Waals surface area contributed by atoms with E-state index in [0.29, 0.717) is 32.6 Å². The smallest absolute Gasteiger partial charge is 0.307 e. The molecule has 296 valence electrons. The summed E-state index contributed by atoms with van der Waals surface area (Å²) in [6.45, 7) is 6.24. The van der Waals surface area contributed by atoms with Gasteiger partial charge in [-0.05, 0) is 33.4 Å². The molecule has 0 saturated carbocycles. The summed E-state index contributed by atoms with van der Waals surface area (Å²) in [7, 11) is 3.81. The molecule has 1 saturated heterocycles. The van der Waals surface area contributed by atoms with E-state index in [1.54, 1.807) is 0 Å². The second-order valence-corrected chi connectivity index (χ2v) is 14.7. The number of carbonyl (C=O) groups excluding carboxylic acids is 1. The molecule has 0 amide bonds. The zero-order chi connectivity index (χ0) is 36.5. The highest BCUT2D eigenvalue weighted by atomic mass is 16.6. The summed E-state index contributed by atoms with van der Waals surface area (Å²) in [6, 6.07) is 0. The van der Waals surface area contributed by atoms with Gasteiger partial charge in [-0.3, -0.25) is 4.79 Å². The van der Waals surface area contributed by atoms with Gasteiger partial charge in [0.2, 0.25) is 0 Å². The van der Waals surface area contributed by atoms with Crippen LogP contribution in [0.1, 0.15) is 213 Å². The minimum Gasteiger partial charge on any atom is -0.463 e. The molecule has 7 heteroatoms. The van der Waals surface area contributed by atoms with Crippen LogP contribution >= 0.6 is 0 Å². The lowest BCUT2D eigenvalue weighted by atomic mass is 10.0. The molecule has 7 nitrogen and oxygen atoms in total. The molecule has 0 aliphatic carbocycles. The summed E-state index contributed by atoms with van der Waals surface area (Å²) < 4.78 is 10.1. The quantitative estimate of drug-likeness (QED) is 0.0462. The van der Waals surface area contributed by atoms with Crippen LogP contribution in [0.5, 0.6) is 0 Å². The third-order valence-corrected chi connectivity index (χ3v) is 9.30. The molecule has 1 rings (SSSR count). The number of aliphatic hydroxyl groups excluding tert-OH is 3. The Morgan fingerprint density at radius 2 is 0.898 bits per heavy atom. The molecule has 0 radical (unpaired) electrons. The number of carbonyl (C=O) groups is 1. The van der Waals surface area contributed by atoms with Gasteiger partial charge in [0.25, 0.3) is 0 Å². The number of unbranched alkanes of at least 4 members (excludes halogenated alkanes) is 26. The second-order valence-electron chi connectivity index (χ2n) is 14.7. The van der Waals surface area contributed by atoms with E-state index in [1.165, 1.54) is 167 Å². The van der Waals surface area contributed by atoms with E-state index in [1.807, 2.05) is 19.0 Å². The van der Waals surface area contributed by atoms with Gasteiger partial charge in [0.05, 0.1) is 12.5 Å². The lowest BCUT2D eigenvalue weighted by molar-refractivity contribution is -0.152. The van der Waals surface area contributed by atoms with Crippen LogP contribution in [0.2, 0.25) is 0 Å². The number of hydrogen-bond acceptors (Lipinski definition) is 7. The van der Waals surface area contributed by atoms with Crippen LogP contribution in [-0.4, -0.2) is 79.0 Å². The molecular formula is C42H87NO6. The Morgan fingerprint density at radius 1 is 0.571 bits per heavy atom. The Hall–Kier alpha value is -0.730. The number of aliphatic hydroxyl groups is 3. The van der Waals surface area contributed by atoms with Gasteiger partial charge in [-0.2, -0.15) is 0 Å². The molecule has 1 heterocycles. The van der Waals surface area contributed by atoms with E-state index in [4.69, 9.17) is 24.8 Å². The van der Waals surface area contributed by atoms with E-state index in [-0.39, 0.29) is 18.7 Å². The normalized spacial score (nSPS) is 15.5. The predicted octanol–water partition coefficient (Wildman–Crippen LogP) is 10.9.